The summed E-state index contributed by atoms with van der Waals surface area (Å²) >= 11 is 10.3. The van der Waals surface area contributed by atoms with Crippen molar-refractivity contribution in [3.05, 3.63) is 28.8 Å². The first-order valence-corrected chi connectivity index (χ1v) is 4.08. The van der Waals surface area contributed by atoms with Crippen LogP contribution in [0.4, 0.5) is 5.69 Å². The van der Waals surface area contributed by atoms with E-state index in [4.69, 9.17) is 11.6 Å². The van der Waals surface area contributed by atoms with Crippen LogP contribution < -0.4 is 5.32 Å². The highest BCUT2D eigenvalue weighted by Gasteiger charge is 1.98. The minimum absolute atomic E-state index is 0.423. The zero-order valence-electron chi connectivity index (χ0n) is 6.08. The number of aldehydes is 1. The van der Waals surface area contributed by atoms with Crippen molar-refractivity contribution in [2.24, 2.45) is 0 Å². The third-order valence-corrected chi connectivity index (χ3v) is 1.80. The molecule has 0 amide bonds. The Bertz CT molecular complexity index is 314. The Balaban J connectivity index is 3.00. The molecule has 0 saturated carbocycles. The van der Waals surface area contributed by atoms with Crippen molar-refractivity contribution >= 4 is 41.3 Å². The molecule has 2 nitrogen and oxygen atoms in total. The van der Waals surface area contributed by atoms with Gasteiger partial charge in [-0.15, -0.1) is 0 Å². The highest BCUT2D eigenvalue weighted by atomic mass is 35.5. The number of rotatable bonds is 3. The van der Waals surface area contributed by atoms with Gasteiger partial charge in [-0.25, -0.2) is 0 Å². The van der Waals surface area contributed by atoms with E-state index in [0.717, 1.165) is 5.69 Å². The van der Waals surface area contributed by atoms with Crippen LogP contribution in [0.2, 0.25) is 5.02 Å². The quantitative estimate of drug-likeness (QED) is 0.599. The van der Waals surface area contributed by atoms with Crippen LogP contribution in [0.5, 0.6) is 0 Å². The fraction of sp³-hybridized carbons (Fsp3) is 0. The van der Waals surface area contributed by atoms with E-state index >= 15 is 0 Å². The van der Waals surface area contributed by atoms with Crippen molar-refractivity contribution in [2.75, 3.05) is 5.32 Å². The van der Waals surface area contributed by atoms with Crippen molar-refractivity contribution in [1.29, 1.82) is 0 Å². The Hall–Kier alpha value is -0.930. The maximum Gasteiger partial charge on any atom is 0.151 e. The Morgan fingerprint density at radius 1 is 1.50 bits per heavy atom. The van der Waals surface area contributed by atoms with E-state index < -0.39 is 0 Å². The van der Waals surface area contributed by atoms with E-state index in [2.05, 4.69) is 17.5 Å². The number of carbonyl (C=O) groups is 1. The van der Waals surface area contributed by atoms with Crippen LogP contribution in [0.3, 0.4) is 0 Å². The smallest absolute Gasteiger partial charge is 0.151 e. The molecule has 12 heavy (non-hydrogen) atoms. The lowest BCUT2D eigenvalue weighted by Gasteiger charge is -2.00. The van der Waals surface area contributed by atoms with Crippen LogP contribution in [0.1, 0.15) is 10.4 Å². The van der Waals surface area contributed by atoms with Gasteiger partial charge in [0, 0.05) is 11.3 Å². The first-order chi connectivity index (χ1) is 5.77. The number of carbonyl (C=O) groups excluding carboxylic acids is 1. The summed E-state index contributed by atoms with van der Waals surface area (Å²) in [5.41, 5.74) is 2.64. The third kappa shape index (κ3) is 2.03. The molecule has 1 aromatic rings. The monoisotopic (exact) mass is 199 g/mol. The van der Waals surface area contributed by atoms with Gasteiger partial charge in [0.15, 0.2) is 6.29 Å². The molecule has 0 heterocycles. The van der Waals surface area contributed by atoms with E-state index in [0.29, 0.717) is 16.9 Å². The molecule has 1 rings (SSSR count). The number of hydrogen-bond acceptors (Lipinski definition) is 2. The maximum absolute atomic E-state index is 10.4. The molecule has 0 aliphatic heterocycles. The van der Waals surface area contributed by atoms with E-state index in [9.17, 15) is 4.79 Å². The molecular formula is C8H6ClNOS. The highest BCUT2D eigenvalue weighted by Crippen LogP contribution is 2.18. The molecule has 0 fully saturated rings. The Morgan fingerprint density at radius 3 is 2.75 bits per heavy atom. The SMILES string of the molecule is O=Cc1ccc(NC=S)cc1Cl. The number of benzene rings is 1. The van der Waals surface area contributed by atoms with E-state index in [1.807, 2.05) is 0 Å². The zero-order chi connectivity index (χ0) is 8.97. The van der Waals surface area contributed by atoms with Crippen molar-refractivity contribution in [2.45, 2.75) is 0 Å². The summed E-state index contributed by atoms with van der Waals surface area (Å²) in [5, 5.41) is 3.21. The van der Waals surface area contributed by atoms with Crippen molar-refractivity contribution in [3.8, 4) is 0 Å². The Labute approximate surface area is 80.5 Å². The minimum atomic E-state index is 0.423. The molecular weight excluding hydrogens is 194 g/mol. The lowest BCUT2D eigenvalue weighted by Crippen LogP contribution is -1.92. The molecule has 0 aromatic heterocycles. The van der Waals surface area contributed by atoms with Crippen molar-refractivity contribution < 1.29 is 4.79 Å². The molecule has 62 valence electrons. The molecule has 4 heteroatoms. The molecule has 0 aliphatic carbocycles. The Morgan fingerprint density at radius 2 is 2.25 bits per heavy atom. The normalized spacial score (nSPS) is 9.08. The van der Waals surface area contributed by atoms with Gasteiger partial charge in [0.2, 0.25) is 0 Å². The third-order valence-electron chi connectivity index (χ3n) is 1.35. The van der Waals surface area contributed by atoms with Gasteiger partial charge >= 0.3 is 0 Å². The second kappa shape index (κ2) is 4.18. The summed E-state index contributed by atoms with van der Waals surface area (Å²) in [6.07, 6.45) is 0.712. The molecule has 0 saturated heterocycles. The summed E-state index contributed by atoms with van der Waals surface area (Å²) < 4.78 is 0. The summed E-state index contributed by atoms with van der Waals surface area (Å²) in [6, 6.07) is 5.02. The summed E-state index contributed by atoms with van der Waals surface area (Å²) in [6.45, 7) is 0. The average Bonchev–Trinajstić information content (AvgIpc) is 2.05. The summed E-state index contributed by atoms with van der Waals surface area (Å²) in [7, 11) is 0. The lowest BCUT2D eigenvalue weighted by atomic mass is 10.2. The van der Waals surface area contributed by atoms with Crippen molar-refractivity contribution in [3.63, 3.8) is 0 Å². The highest BCUT2D eigenvalue weighted by molar-refractivity contribution is 7.79. The number of anilines is 1. The van der Waals surface area contributed by atoms with Crippen LogP contribution in [-0.2, 0) is 0 Å². The topological polar surface area (TPSA) is 29.1 Å². The largest absolute Gasteiger partial charge is 0.353 e. The fourth-order valence-electron chi connectivity index (χ4n) is 0.781. The number of halogens is 1. The van der Waals surface area contributed by atoms with E-state index in [-0.39, 0.29) is 0 Å². The first kappa shape index (κ1) is 9.16. The van der Waals surface area contributed by atoms with E-state index in [1.165, 1.54) is 5.49 Å². The van der Waals surface area contributed by atoms with Gasteiger partial charge in [0.1, 0.15) is 0 Å². The standard InChI is InChI=1S/C8H6ClNOS/c9-8-3-7(10-5-12)2-1-6(8)4-11/h1-5H,(H,10,12). The molecule has 0 aliphatic rings. The molecule has 0 atom stereocenters. The predicted molar refractivity (Wildman–Crippen MR) is 54.1 cm³/mol. The van der Waals surface area contributed by atoms with Gasteiger partial charge in [-0.3, -0.25) is 4.79 Å². The van der Waals surface area contributed by atoms with Crippen LogP contribution in [0.25, 0.3) is 0 Å². The molecule has 0 spiro atoms. The van der Waals surface area contributed by atoms with Crippen LogP contribution in [0.15, 0.2) is 18.2 Å². The van der Waals surface area contributed by atoms with Crippen LogP contribution in [0, 0.1) is 0 Å². The average molecular weight is 200 g/mol. The van der Waals surface area contributed by atoms with Gasteiger partial charge in [-0.05, 0) is 18.2 Å². The Kier molecular flexibility index (Phi) is 3.19. The zero-order valence-corrected chi connectivity index (χ0v) is 7.65. The lowest BCUT2D eigenvalue weighted by molar-refractivity contribution is 0.112. The molecule has 1 N–H and O–H groups in total. The minimum Gasteiger partial charge on any atom is -0.353 e. The molecule has 0 bridgehead atoms. The predicted octanol–water partition coefficient (Wildman–Crippen LogP) is 2.52. The second-order valence-corrected chi connectivity index (χ2v) is 2.76. The first-order valence-electron chi connectivity index (χ1n) is 3.23. The van der Waals surface area contributed by atoms with Gasteiger partial charge in [0.25, 0.3) is 0 Å². The fourth-order valence-corrected chi connectivity index (χ4v) is 1.14. The molecule has 0 radical (unpaired) electrons. The summed E-state index contributed by atoms with van der Waals surface area (Å²) in [5.74, 6) is 0. The van der Waals surface area contributed by atoms with E-state index in [1.54, 1.807) is 18.2 Å². The molecule has 0 unspecified atom stereocenters. The van der Waals surface area contributed by atoms with Gasteiger partial charge in [-0.2, -0.15) is 0 Å². The number of nitrogens with one attached hydrogen (secondary N) is 1. The van der Waals surface area contributed by atoms with Gasteiger partial charge in [-0.1, -0.05) is 23.8 Å². The van der Waals surface area contributed by atoms with Crippen LogP contribution >= 0.6 is 23.8 Å². The number of hydrogen-bond donors (Lipinski definition) is 1. The maximum atomic E-state index is 10.4. The van der Waals surface area contributed by atoms with Crippen molar-refractivity contribution in [1.82, 2.24) is 0 Å². The van der Waals surface area contributed by atoms with Gasteiger partial charge in [0.05, 0.1) is 10.5 Å². The molecule has 1 aromatic carbocycles. The second-order valence-electron chi connectivity index (χ2n) is 2.12. The number of thiocarbonyl (C=S) groups is 1. The van der Waals surface area contributed by atoms with Crippen LogP contribution in [-0.4, -0.2) is 11.8 Å². The summed E-state index contributed by atoms with van der Waals surface area (Å²) in [4.78, 5) is 10.4. The van der Waals surface area contributed by atoms with Gasteiger partial charge < -0.3 is 5.32 Å².